The van der Waals surface area contributed by atoms with E-state index < -0.39 is 11.4 Å². The Labute approximate surface area is 115 Å². The molecule has 0 saturated carbocycles. The van der Waals surface area contributed by atoms with Crippen molar-refractivity contribution < 1.29 is 9.90 Å². The molecule has 0 fully saturated rings. The first-order valence-corrected chi connectivity index (χ1v) is 6.79. The number of carboxylic acids is 1. The number of anilines is 1. The first-order valence-electron chi connectivity index (χ1n) is 5.91. The fourth-order valence-corrected chi connectivity index (χ4v) is 2.37. The van der Waals surface area contributed by atoms with Gasteiger partial charge in [0.05, 0.1) is 12.2 Å². The Balaban J connectivity index is 1.92. The predicted molar refractivity (Wildman–Crippen MR) is 73.5 cm³/mol. The quantitative estimate of drug-likeness (QED) is 0.843. The van der Waals surface area contributed by atoms with E-state index >= 15 is 0 Å². The lowest BCUT2D eigenvalue weighted by Gasteiger charge is -2.15. The minimum atomic E-state index is -0.960. The van der Waals surface area contributed by atoms with Crippen LogP contribution in [0.5, 0.6) is 0 Å². The lowest BCUT2D eigenvalue weighted by atomic mass is 9.90. The summed E-state index contributed by atoms with van der Waals surface area (Å²) in [5.41, 5.74) is -0.384. The topological polar surface area (TPSA) is 80.0 Å². The molecule has 2 aromatic heterocycles. The zero-order valence-electron chi connectivity index (χ0n) is 10.8. The van der Waals surface area contributed by atoms with Gasteiger partial charge in [-0.1, -0.05) is 0 Å². The smallest absolute Gasteiger partial charge is 0.315 e. The monoisotopic (exact) mass is 280 g/mol. The van der Waals surface area contributed by atoms with Gasteiger partial charge in [0.25, 0.3) is 0 Å². The molecule has 0 unspecified atom stereocenters. The summed E-state index contributed by atoms with van der Waals surface area (Å²) in [6.07, 6.45) is 3.62. The summed E-state index contributed by atoms with van der Waals surface area (Å²) in [5.74, 6) is -0.874. The number of carbonyl (C=O) groups is 1. The first kappa shape index (κ1) is 13.5. The molecule has 0 bridgehead atoms. The van der Waals surface area contributed by atoms with Crippen molar-refractivity contribution in [3.63, 3.8) is 0 Å². The van der Waals surface area contributed by atoms with E-state index in [0.29, 0.717) is 12.2 Å². The van der Waals surface area contributed by atoms with Crippen LogP contribution >= 0.6 is 11.3 Å². The van der Waals surface area contributed by atoms with Gasteiger partial charge in [0, 0.05) is 24.3 Å². The van der Waals surface area contributed by atoms with Gasteiger partial charge in [-0.05, 0) is 19.9 Å². The standard InChI is InChI=1S/C12H16N4O2S/c1-12(2,10(17)18)9-8-19-11(15-9)13-5-7-16-6-3-4-14-16/h3-4,6,8H,5,7H2,1-2H3,(H,13,15)(H,17,18). The van der Waals surface area contributed by atoms with Crippen molar-refractivity contribution in [1.82, 2.24) is 14.8 Å². The molecule has 0 amide bonds. The van der Waals surface area contributed by atoms with Gasteiger partial charge < -0.3 is 10.4 Å². The maximum absolute atomic E-state index is 11.1. The SMILES string of the molecule is CC(C)(C(=O)O)c1csc(NCCn2cccn2)n1. The van der Waals surface area contributed by atoms with E-state index in [0.717, 1.165) is 11.7 Å². The van der Waals surface area contributed by atoms with E-state index in [1.165, 1.54) is 11.3 Å². The highest BCUT2D eigenvalue weighted by Crippen LogP contribution is 2.27. The molecule has 0 spiro atoms. The van der Waals surface area contributed by atoms with E-state index in [1.54, 1.807) is 25.4 Å². The maximum atomic E-state index is 11.1. The molecule has 102 valence electrons. The van der Waals surface area contributed by atoms with Gasteiger partial charge >= 0.3 is 5.97 Å². The average molecular weight is 280 g/mol. The Morgan fingerprint density at radius 2 is 2.37 bits per heavy atom. The summed E-state index contributed by atoms with van der Waals surface area (Å²) in [6, 6.07) is 1.87. The normalized spacial score (nSPS) is 11.5. The Morgan fingerprint density at radius 1 is 1.58 bits per heavy atom. The van der Waals surface area contributed by atoms with Gasteiger partial charge in [0.15, 0.2) is 5.13 Å². The number of aromatic nitrogens is 3. The highest BCUT2D eigenvalue weighted by Gasteiger charge is 2.32. The Bertz CT molecular complexity index is 548. The van der Waals surface area contributed by atoms with Crippen LogP contribution in [-0.2, 0) is 16.8 Å². The number of aliphatic carboxylic acids is 1. The van der Waals surface area contributed by atoms with Gasteiger partial charge in [0.1, 0.15) is 5.41 Å². The van der Waals surface area contributed by atoms with Crippen LogP contribution in [0.1, 0.15) is 19.5 Å². The summed E-state index contributed by atoms with van der Waals surface area (Å²) in [5, 5.41) is 18.9. The van der Waals surface area contributed by atoms with E-state index in [4.69, 9.17) is 5.11 Å². The predicted octanol–water partition coefficient (Wildman–Crippen LogP) is 1.81. The fraction of sp³-hybridized carbons (Fsp3) is 0.417. The Morgan fingerprint density at radius 3 is 3.00 bits per heavy atom. The van der Waals surface area contributed by atoms with Gasteiger partial charge in [-0.25, -0.2) is 4.98 Å². The number of carboxylic acid groups (broad SMARTS) is 1. The van der Waals surface area contributed by atoms with Crippen LogP contribution in [0.15, 0.2) is 23.8 Å². The number of nitrogens with one attached hydrogen (secondary N) is 1. The third-order valence-corrected chi connectivity index (χ3v) is 3.66. The third kappa shape index (κ3) is 3.11. The molecule has 6 nitrogen and oxygen atoms in total. The van der Waals surface area contributed by atoms with Crippen LogP contribution in [0.3, 0.4) is 0 Å². The molecule has 0 radical (unpaired) electrons. The molecule has 19 heavy (non-hydrogen) atoms. The molecule has 2 aromatic rings. The summed E-state index contributed by atoms with van der Waals surface area (Å²) in [6.45, 7) is 4.74. The molecule has 2 rings (SSSR count). The first-order chi connectivity index (χ1) is 9.00. The van der Waals surface area contributed by atoms with Gasteiger partial charge in [-0.3, -0.25) is 9.48 Å². The molecular weight excluding hydrogens is 264 g/mol. The summed E-state index contributed by atoms with van der Waals surface area (Å²) in [4.78, 5) is 15.5. The minimum absolute atomic E-state index is 0.576. The number of thiazole rings is 1. The van der Waals surface area contributed by atoms with Crippen molar-refractivity contribution in [2.75, 3.05) is 11.9 Å². The molecule has 0 aromatic carbocycles. The number of hydrogen-bond acceptors (Lipinski definition) is 5. The van der Waals surface area contributed by atoms with Crippen molar-refractivity contribution in [1.29, 1.82) is 0 Å². The second-order valence-corrected chi connectivity index (χ2v) is 5.52. The second-order valence-electron chi connectivity index (χ2n) is 4.66. The fourth-order valence-electron chi connectivity index (χ4n) is 1.46. The molecule has 0 aliphatic heterocycles. The van der Waals surface area contributed by atoms with E-state index in [9.17, 15) is 4.79 Å². The largest absolute Gasteiger partial charge is 0.481 e. The van der Waals surface area contributed by atoms with Crippen LogP contribution in [0.4, 0.5) is 5.13 Å². The van der Waals surface area contributed by atoms with E-state index in [1.807, 2.05) is 16.9 Å². The second kappa shape index (κ2) is 5.40. The third-order valence-electron chi connectivity index (χ3n) is 2.86. The zero-order chi connectivity index (χ0) is 13.9. The molecular formula is C12H16N4O2S. The van der Waals surface area contributed by atoms with Crippen molar-refractivity contribution >= 4 is 22.4 Å². The van der Waals surface area contributed by atoms with Crippen LogP contribution in [0, 0.1) is 0 Å². The number of rotatable bonds is 6. The lowest BCUT2D eigenvalue weighted by molar-refractivity contribution is -0.142. The van der Waals surface area contributed by atoms with E-state index in [2.05, 4.69) is 15.4 Å². The molecule has 7 heteroatoms. The molecule has 2 heterocycles. The maximum Gasteiger partial charge on any atom is 0.315 e. The average Bonchev–Trinajstić information content (AvgIpc) is 2.99. The van der Waals surface area contributed by atoms with Crippen molar-refractivity contribution in [2.24, 2.45) is 0 Å². The molecule has 0 aliphatic carbocycles. The Kier molecular flexibility index (Phi) is 3.84. The molecule has 0 aliphatic rings. The Hall–Kier alpha value is -1.89. The van der Waals surface area contributed by atoms with Crippen LogP contribution in [-0.4, -0.2) is 32.4 Å². The molecule has 2 N–H and O–H groups in total. The zero-order valence-corrected chi connectivity index (χ0v) is 11.6. The van der Waals surface area contributed by atoms with Crippen LogP contribution < -0.4 is 5.32 Å². The van der Waals surface area contributed by atoms with Gasteiger partial charge in [-0.2, -0.15) is 5.10 Å². The summed E-state index contributed by atoms with van der Waals surface area (Å²) in [7, 11) is 0. The lowest BCUT2D eigenvalue weighted by Crippen LogP contribution is -2.28. The summed E-state index contributed by atoms with van der Waals surface area (Å²) >= 11 is 1.42. The number of hydrogen-bond donors (Lipinski definition) is 2. The molecule has 0 atom stereocenters. The van der Waals surface area contributed by atoms with Crippen molar-refractivity contribution in [2.45, 2.75) is 25.8 Å². The van der Waals surface area contributed by atoms with Crippen LogP contribution in [0.25, 0.3) is 0 Å². The van der Waals surface area contributed by atoms with E-state index in [-0.39, 0.29) is 0 Å². The molecule has 0 saturated heterocycles. The minimum Gasteiger partial charge on any atom is -0.481 e. The van der Waals surface area contributed by atoms with Crippen LogP contribution in [0.2, 0.25) is 0 Å². The van der Waals surface area contributed by atoms with Crippen molar-refractivity contribution in [3.8, 4) is 0 Å². The van der Waals surface area contributed by atoms with Gasteiger partial charge in [-0.15, -0.1) is 11.3 Å². The number of nitrogens with zero attached hydrogens (tertiary/aromatic N) is 3. The van der Waals surface area contributed by atoms with Crippen molar-refractivity contribution in [3.05, 3.63) is 29.5 Å². The highest BCUT2D eigenvalue weighted by atomic mass is 32.1. The summed E-state index contributed by atoms with van der Waals surface area (Å²) < 4.78 is 1.82. The highest BCUT2D eigenvalue weighted by molar-refractivity contribution is 7.13. The van der Waals surface area contributed by atoms with Gasteiger partial charge in [0.2, 0.25) is 0 Å².